The van der Waals surface area contributed by atoms with Gasteiger partial charge in [0.1, 0.15) is 18.0 Å². The van der Waals surface area contributed by atoms with E-state index in [1.54, 1.807) is 39.0 Å². The van der Waals surface area contributed by atoms with Crippen LogP contribution >= 0.6 is 0 Å². The highest BCUT2D eigenvalue weighted by molar-refractivity contribution is 5.77. The van der Waals surface area contributed by atoms with Gasteiger partial charge in [0.15, 0.2) is 5.58 Å². The molecule has 2 aromatic rings. The number of amides is 1. The van der Waals surface area contributed by atoms with E-state index in [1.807, 2.05) is 6.92 Å². The van der Waals surface area contributed by atoms with Crippen LogP contribution in [0.15, 0.2) is 39.4 Å². The van der Waals surface area contributed by atoms with Crippen molar-refractivity contribution < 1.29 is 23.2 Å². The lowest BCUT2D eigenvalue weighted by Crippen LogP contribution is -2.34. The molecule has 0 radical (unpaired) electrons. The first kappa shape index (κ1) is 21.5. The number of aromatic nitrogens is 1. The first-order valence-corrected chi connectivity index (χ1v) is 9.25. The molecule has 0 spiro atoms. The molecule has 0 aliphatic rings. The van der Waals surface area contributed by atoms with Gasteiger partial charge in [0.2, 0.25) is 0 Å². The molecular weight excluding hydrogens is 367 g/mol. The molecule has 0 aliphatic carbocycles. The largest absolute Gasteiger partial charge is 0.489 e. The molecular formula is C20H27FN2O5. The highest BCUT2D eigenvalue weighted by Crippen LogP contribution is 2.20. The number of nitrogens with zero attached hydrogens (tertiary/aromatic N) is 1. The highest BCUT2D eigenvalue weighted by Gasteiger charge is 2.16. The van der Waals surface area contributed by atoms with Crippen LogP contribution in [0.5, 0.6) is 5.75 Å². The molecule has 7 nitrogen and oxygen atoms in total. The van der Waals surface area contributed by atoms with Crippen LogP contribution in [0, 0.1) is 0 Å². The molecule has 0 aliphatic heterocycles. The zero-order valence-corrected chi connectivity index (χ0v) is 16.7. The van der Waals surface area contributed by atoms with Crippen molar-refractivity contribution in [3.63, 3.8) is 0 Å². The zero-order chi connectivity index (χ0) is 20.7. The topological polar surface area (TPSA) is 82.7 Å². The number of carbonyl (C=O) groups excluding carboxylic acids is 1. The molecule has 1 aromatic carbocycles. The lowest BCUT2D eigenvalue weighted by atomic mass is 10.2. The van der Waals surface area contributed by atoms with Gasteiger partial charge in [0, 0.05) is 18.2 Å². The fourth-order valence-electron chi connectivity index (χ4n) is 2.39. The number of hydrogen-bond acceptors (Lipinski definition) is 5. The summed E-state index contributed by atoms with van der Waals surface area (Å²) in [5, 5.41) is 2.94. The van der Waals surface area contributed by atoms with E-state index in [0.29, 0.717) is 29.6 Å². The first-order chi connectivity index (χ1) is 13.2. The third-order valence-electron chi connectivity index (χ3n) is 3.77. The Morgan fingerprint density at radius 3 is 2.75 bits per heavy atom. The van der Waals surface area contributed by atoms with Gasteiger partial charge in [-0.05, 0) is 39.3 Å². The quantitative estimate of drug-likeness (QED) is 0.727. The summed E-state index contributed by atoms with van der Waals surface area (Å²) in [6.07, 6.45) is 1.55. The standard InChI is InChI=1S/C20H27FN2O5/c1-5-6-9-23-18(24)16-8-7-15(10-17(16)28-23)26-13-14(11-21)12-22-19(25)27-20(2,3)4/h7-8,10-11H,5-6,9,12-13H2,1-4H3,(H,22,25). The van der Waals surface area contributed by atoms with Crippen LogP contribution in [-0.2, 0) is 11.3 Å². The van der Waals surface area contributed by atoms with Gasteiger partial charge in [-0.1, -0.05) is 13.3 Å². The summed E-state index contributed by atoms with van der Waals surface area (Å²) in [7, 11) is 0. The lowest BCUT2D eigenvalue weighted by molar-refractivity contribution is 0.0531. The van der Waals surface area contributed by atoms with Crippen LogP contribution < -0.4 is 15.6 Å². The van der Waals surface area contributed by atoms with Gasteiger partial charge in [-0.25, -0.2) is 9.18 Å². The molecule has 1 amide bonds. The normalized spacial score (nSPS) is 12.2. The second-order valence-electron chi connectivity index (χ2n) is 7.42. The highest BCUT2D eigenvalue weighted by atomic mass is 19.1. The maximum absolute atomic E-state index is 13.1. The molecule has 0 bridgehead atoms. The van der Waals surface area contributed by atoms with Crippen molar-refractivity contribution in [2.24, 2.45) is 0 Å². The molecule has 0 fully saturated rings. The average molecular weight is 394 g/mol. The van der Waals surface area contributed by atoms with Crippen LogP contribution in [0.1, 0.15) is 40.5 Å². The number of nitrogens with one attached hydrogen (secondary N) is 1. The van der Waals surface area contributed by atoms with Crippen molar-refractivity contribution >= 4 is 17.1 Å². The second-order valence-corrected chi connectivity index (χ2v) is 7.42. The third-order valence-corrected chi connectivity index (χ3v) is 3.77. The summed E-state index contributed by atoms with van der Waals surface area (Å²) in [5.74, 6) is 0.431. The van der Waals surface area contributed by atoms with E-state index in [1.165, 1.54) is 4.74 Å². The minimum atomic E-state index is -0.636. The minimum absolute atomic E-state index is 0.0455. The summed E-state index contributed by atoms with van der Waals surface area (Å²) in [6, 6.07) is 4.84. The molecule has 1 N–H and O–H groups in total. The van der Waals surface area contributed by atoms with E-state index in [0.717, 1.165) is 12.8 Å². The van der Waals surface area contributed by atoms with Crippen LogP contribution in [0.2, 0.25) is 0 Å². The predicted octanol–water partition coefficient (Wildman–Crippen LogP) is 4.15. The molecule has 2 rings (SSSR count). The smallest absolute Gasteiger partial charge is 0.407 e. The van der Waals surface area contributed by atoms with Crippen molar-refractivity contribution in [3.8, 4) is 5.75 Å². The van der Waals surface area contributed by atoms with Gasteiger partial charge in [0.25, 0.3) is 5.56 Å². The summed E-state index contributed by atoms with van der Waals surface area (Å²) in [6.45, 7) is 7.66. The molecule has 28 heavy (non-hydrogen) atoms. The molecule has 154 valence electrons. The number of aryl methyl sites for hydroxylation is 1. The van der Waals surface area contributed by atoms with Crippen molar-refractivity contribution in [2.45, 2.75) is 52.7 Å². The molecule has 0 saturated carbocycles. The van der Waals surface area contributed by atoms with E-state index in [-0.39, 0.29) is 24.3 Å². The van der Waals surface area contributed by atoms with E-state index < -0.39 is 11.7 Å². The van der Waals surface area contributed by atoms with Gasteiger partial charge in [-0.2, -0.15) is 4.74 Å². The average Bonchev–Trinajstić information content (AvgIpc) is 2.94. The number of rotatable bonds is 8. The first-order valence-electron chi connectivity index (χ1n) is 9.25. The maximum atomic E-state index is 13.1. The number of carbonyl (C=O) groups is 1. The number of alkyl carbamates (subject to hydrolysis) is 1. The van der Waals surface area contributed by atoms with Crippen LogP contribution in [-0.4, -0.2) is 29.6 Å². The third kappa shape index (κ3) is 6.14. The Bertz CT molecular complexity index is 892. The number of fused-ring (bicyclic) bond motifs is 1. The molecule has 1 heterocycles. The summed E-state index contributed by atoms with van der Waals surface area (Å²) >= 11 is 0. The van der Waals surface area contributed by atoms with E-state index in [2.05, 4.69) is 5.32 Å². The summed E-state index contributed by atoms with van der Waals surface area (Å²) < 4.78 is 30.6. The summed E-state index contributed by atoms with van der Waals surface area (Å²) in [5.41, 5.74) is -0.169. The Kier molecular flexibility index (Phi) is 7.25. The van der Waals surface area contributed by atoms with Gasteiger partial charge in [0.05, 0.1) is 18.3 Å². The Balaban J connectivity index is 1.96. The summed E-state index contributed by atoms with van der Waals surface area (Å²) in [4.78, 5) is 23.9. The Hall–Kier alpha value is -2.77. The zero-order valence-electron chi connectivity index (χ0n) is 16.7. The molecule has 0 unspecified atom stereocenters. The minimum Gasteiger partial charge on any atom is -0.489 e. The van der Waals surface area contributed by atoms with Gasteiger partial charge >= 0.3 is 6.09 Å². The molecule has 8 heteroatoms. The Labute approximate surface area is 163 Å². The maximum Gasteiger partial charge on any atom is 0.407 e. The van der Waals surface area contributed by atoms with E-state index in [9.17, 15) is 14.0 Å². The fraction of sp³-hybridized carbons (Fsp3) is 0.500. The number of hydrogen-bond donors (Lipinski definition) is 1. The second kappa shape index (κ2) is 9.43. The molecule has 1 aromatic heterocycles. The Morgan fingerprint density at radius 2 is 2.11 bits per heavy atom. The van der Waals surface area contributed by atoms with Gasteiger partial charge < -0.3 is 19.3 Å². The monoisotopic (exact) mass is 394 g/mol. The van der Waals surface area contributed by atoms with Crippen molar-refractivity contribution in [3.05, 3.63) is 40.5 Å². The number of benzene rings is 1. The molecule has 0 saturated heterocycles. The van der Waals surface area contributed by atoms with E-state index in [4.69, 9.17) is 14.0 Å². The number of halogens is 1. The van der Waals surface area contributed by atoms with Crippen molar-refractivity contribution in [2.75, 3.05) is 13.2 Å². The SMILES string of the molecule is CCCCn1oc2cc(OCC(=CF)CNC(=O)OC(C)(C)C)ccc2c1=O. The molecule has 0 atom stereocenters. The van der Waals surface area contributed by atoms with E-state index >= 15 is 0 Å². The van der Waals surface area contributed by atoms with Crippen LogP contribution in [0.25, 0.3) is 11.0 Å². The van der Waals surface area contributed by atoms with Crippen LogP contribution in [0.3, 0.4) is 0 Å². The lowest BCUT2D eigenvalue weighted by Gasteiger charge is -2.20. The van der Waals surface area contributed by atoms with Gasteiger partial charge in [-0.15, -0.1) is 0 Å². The number of ether oxygens (including phenoxy) is 2. The van der Waals surface area contributed by atoms with Crippen molar-refractivity contribution in [1.29, 1.82) is 0 Å². The predicted molar refractivity (Wildman–Crippen MR) is 104 cm³/mol. The number of unbranched alkanes of at least 4 members (excludes halogenated alkanes) is 1. The van der Waals surface area contributed by atoms with Crippen LogP contribution in [0.4, 0.5) is 9.18 Å². The van der Waals surface area contributed by atoms with Gasteiger partial charge in [-0.3, -0.25) is 4.79 Å². The fourth-order valence-corrected chi connectivity index (χ4v) is 2.39. The van der Waals surface area contributed by atoms with Crippen molar-refractivity contribution in [1.82, 2.24) is 10.1 Å². The Morgan fingerprint density at radius 1 is 1.36 bits per heavy atom.